The standard InChI is InChI=1S/C24H25N3O3/c1-3-15(2)20(25)23-27-21(24(28)29-14-16-9-5-4-6-10-16)22(30-23)18-13-26-19-12-8-7-11-17(18)19/h4-13,15,20,26H,3,14,25H2,1-2H3/t15-,20-/m0/s1. The highest BCUT2D eigenvalue weighted by molar-refractivity contribution is 6.01. The monoisotopic (exact) mass is 403 g/mol. The first-order valence-corrected chi connectivity index (χ1v) is 10.1. The molecule has 0 unspecified atom stereocenters. The summed E-state index contributed by atoms with van der Waals surface area (Å²) in [5.74, 6) is 0.341. The van der Waals surface area contributed by atoms with Crippen LogP contribution in [0.4, 0.5) is 0 Å². The molecule has 0 aliphatic heterocycles. The molecule has 4 rings (SSSR count). The number of benzene rings is 2. The minimum absolute atomic E-state index is 0.143. The predicted octanol–water partition coefficient (Wildman–Crippen LogP) is 5.23. The molecule has 0 fully saturated rings. The number of carbonyl (C=O) groups is 1. The van der Waals surface area contributed by atoms with Crippen LogP contribution in [0.5, 0.6) is 0 Å². The summed E-state index contributed by atoms with van der Waals surface area (Å²) in [7, 11) is 0. The van der Waals surface area contributed by atoms with Crippen LogP contribution in [0.2, 0.25) is 0 Å². The Balaban J connectivity index is 1.72. The number of fused-ring (bicyclic) bond motifs is 1. The highest BCUT2D eigenvalue weighted by atomic mass is 16.5. The summed E-state index contributed by atoms with van der Waals surface area (Å²) < 4.78 is 11.6. The van der Waals surface area contributed by atoms with Crippen molar-refractivity contribution in [2.24, 2.45) is 11.7 Å². The normalized spacial score (nSPS) is 13.3. The SMILES string of the molecule is CC[C@H](C)[C@H](N)c1nc(C(=O)OCc2ccccc2)c(-c2c[nH]c3ccccc23)o1. The van der Waals surface area contributed by atoms with Gasteiger partial charge in [0.05, 0.1) is 6.04 Å². The van der Waals surface area contributed by atoms with Crippen LogP contribution in [0, 0.1) is 5.92 Å². The topological polar surface area (TPSA) is 94.1 Å². The minimum atomic E-state index is -0.537. The molecule has 0 bridgehead atoms. The van der Waals surface area contributed by atoms with Crippen LogP contribution in [-0.4, -0.2) is 15.9 Å². The molecule has 30 heavy (non-hydrogen) atoms. The number of hydrogen-bond donors (Lipinski definition) is 2. The molecule has 2 atom stereocenters. The fourth-order valence-electron chi connectivity index (χ4n) is 3.35. The molecule has 0 aliphatic carbocycles. The maximum atomic E-state index is 12.9. The fourth-order valence-corrected chi connectivity index (χ4v) is 3.35. The molecule has 6 heteroatoms. The van der Waals surface area contributed by atoms with E-state index in [2.05, 4.69) is 16.9 Å². The van der Waals surface area contributed by atoms with Gasteiger partial charge in [-0.2, -0.15) is 0 Å². The van der Waals surface area contributed by atoms with Gasteiger partial charge in [0.25, 0.3) is 0 Å². The van der Waals surface area contributed by atoms with Crippen LogP contribution in [0.3, 0.4) is 0 Å². The maximum absolute atomic E-state index is 12.9. The zero-order valence-corrected chi connectivity index (χ0v) is 17.1. The molecule has 154 valence electrons. The van der Waals surface area contributed by atoms with E-state index in [0.29, 0.717) is 11.7 Å². The molecule has 6 nitrogen and oxygen atoms in total. The molecule has 2 aromatic heterocycles. The number of ether oxygens (including phenoxy) is 1. The molecule has 0 amide bonds. The Morgan fingerprint density at radius 3 is 2.67 bits per heavy atom. The third-order valence-electron chi connectivity index (χ3n) is 5.43. The largest absolute Gasteiger partial charge is 0.456 e. The second-order valence-corrected chi connectivity index (χ2v) is 7.45. The number of aromatic nitrogens is 2. The number of hydrogen-bond acceptors (Lipinski definition) is 5. The van der Waals surface area contributed by atoms with Crippen molar-refractivity contribution >= 4 is 16.9 Å². The molecule has 0 saturated heterocycles. The molecule has 0 spiro atoms. The number of carbonyl (C=O) groups excluding carboxylic acids is 1. The number of nitrogens with zero attached hydrogens (tertiary/aromatic N) is 1. The molecular weight excluding hydrogens is 378 g/mol. The van der Waals surface area contributed by atoms with E-state index in [-0.39, 0.29) is 18.2 Å². The molecule has 0 radical (unpaired) electrons. The summed E-state index contributed by atoms with van der Waals surface area (Å²) >= 11 is 0. The Hall–Kier alpha value is -3.38. The number of esters is 1. The summed E-state index contributed by atoms with van der Waals surface area (Å²) in [5, 5.41) is 0.939. The van der Waals surface area contributed by atoms with E-state index in [4.69, 9.17) is 14.9 Å². The van der Waals surface area contributed by atoms with Crippen molar-refractivity contribution in [2.75, 3.05) is 0 Å². The second kappa shape index (κ2) is 8.55. The van der Waals surface area contributed by atoms with E-state index >= 15 is 0 Å². The van der Waals surface area contributed by atoms with Crippen LogP contribution in [-0.2, 0) is 11.3 Å². The van der Waals surface area contributed by atoms with Crippen LogP contribution in [0.25, 0.3) is 22.2 Å². The first-order chi connectivity index (χ1) is 14.6. The minimum Gasteiger partial charge on any atom is -0.456 e. The summed E-state index contributed by atoms with van der Waals surface area (Å²) in [4.78, 5) is 20.6. The van der Waals surface area contributed by atoms with Gasteiger partial charge in [0.2, 0.25) is 5.89 Å². The van der Waals surface area contributed by atoms with E-state index in [1.54, 1.807) is 0 Å². The number of rotatable bonds is 7. The van der Waals surface area contributed by atoms with Gasteiger partial charge in [-0.25, -0.2) is 9.78 Å². The van der Waals surface area contributed by atoms with Crippen LogP contribution in [0.1, 0.15) is 48.3 Å². The van der Waals surface area contributed by atoms with Gasteiger partial charge in [-0.3, -0.25) is 0 Å². The Bertz CT molecular complexity index is 1150. The summed E-state index contributed by atoms with van der Waals surface area (Å²) in [6.45, 7) is 4.25. The molecule has 0 aliphatic rings. The van der Waals surface area contributed by atoms with E-state index in [1.807, 2.05) is 67.7 Å². The van der Waals surface area contributed by atoms with Crippen LogP contribution < -0.4 is 5.73 Å². The average molecular weight is 403 g/mol. The Labute approximate surface area is 175 Å². The van der Waals surface area contributed by atoms with E-state index < -0.39 is 12.0 Å². The second-order valence-electron chi connectivity index (χ2n) is 7.45. The Morgan fingerprint density at radius 2 is 1.90 bits per heavy atom. The van der Waals surface area contributed by atoms with Gasteiger partial charge < -0.3 is 19.9 Å². The first-order valence-electron chi connectivity index (χ1n) is 10.1. The lowest BCUT2D eigenvalue weighted by Crippen LogP contribution is -2.19. The van der Waals surface area contributed by atoms with Crippen molar-refractivity contribution in [3.63, 3.8) is 0 Å². The van der Waals surface area contributed by atoms with Gasteiger partial charge in [-0.1, -0.05) is 68.8 Å². The van der Waals surface area contributed by atoms with Crippen LogP contribution >= 0.6 is 0 Å². The summed E-state index contributed by atoms with van der Waals surface area (Å²) in [6.07, 6.45) is 2.69. The highest BCUT2D eigenvalue weighted by Crippen LogP contribution is 2.34. The average Bonchev–Trinajstić information content (AvgIpc) is 3.41. The maximum Gasteiger partial charge on any atom is 0.361 e. The van der Waals surface area contributed by atoms with Gasteiger partial charge in [0.1, 0.15) is 6.61 Å². The fraction of sp³-hybridized carbons (Fsp3) is 0.250. The number of nitrogens with two attached hydrogens (primary N) is 1. The zero-order valence-electron chi connectivity index (χ0n) is 17.1. The molecule has 2 aromatic carbocycles. The third kappa shape index (κ3) is 3.86. The van der Waals surface area contributed by atoms with Gasteiger partial charge in [-0.05, 0) is 17.5 Å². The van der Waals surface area contributed by atoms with Gasteiger partial charge >= 0.3 is 5.97 Å². The number of nitrogens with one attached hydrogen (secondary N) is 1. The lowest BCUT2D eigenvalue weighted by Gasteiger charge is -2.13. The number of H-pyrrole nitrogens is 1. The Kier molecular flexibility index (Phi) is 5.68. The molecule has 4 aromatic rings. The lowest BCUT2D eigenvalue weighted by atomic mass is 10.0. The van der Waals surface area contributed by atoms with Crippen molar-refractivity contribution < 1.29 is 13.9 Å². The van der Waals surface area contributed by atoms with Crippen molar-refractivity contribution in [3.8, 4) is 11.3 Å². The van der Waals surface area contributed by atoms with Crippen molar-refractivity contribution in [3.05, 3.63) is 77.9 Å². The van der Waals surface area contributed by atoms with Gasteiger partial charge in [0.15, 0.2) is 11.5 Å². The molecule has 3 N–H and O–H groups in total. The number of aromatic amines is 1. The van der Waals surface area contributed by atoms with Gasteiger partial charge in [-0.15, -0.1) is 0 Å². The quantitative estimate of drug-likeness (QED) is 0.412. The summed E-state index contributed by atoms with van der Waals surface area (Å²) in [6, 6.07) is 16.9. The van der Waals surface area contributed by atoms with E-state index in [9.17, 15) is 4.79 Å². The zero-order chi connectivity index (χ0) is 21.1. The molecule has 2 heterocycles. The third-order valence-corrected chi connectivity index (χ3v) is 5.43. The van der Waals surface area contributed by atoms with Crippen LogP contribution in [0.15, 0.2) is 65.2 Å². The lowest BCUT2D eigenvalue weighted by molar-refractivity contribution is 0.0467. The smallest absolute Gasteiger partial charge is 0.361 e. The summed E-state index contributed by atoms with van der Waals surface area (Å²) in [5.41, 5.74) is 9.09. The molecule has 0 saturated carbocycles. The Morgan fingerprint density at radius 1 is 1.17 bits per heavy atom. The van der Waals surface area contributed by atoms with Gasteiger partial charge in [0, 0.05) is 22.7 Å². The van der Waals surface area contributed by atoms with Crippen molar-refractivity contribution in [1.29, 1.82) is 0 Å². The van der Waals surface area contributed by atoms with E-state index in [0.717, 1.165) is 28.5 Å². The van der Waals surface area contributed by atoms with Crippen molar-refractivity contribution in [1.82, 2.24) is 9.97 Å². The predicted molar refractivity (Wildman–Crippen MR) is 116 cm³/mol. The highest BCUT2D eigenvalue weighted by Gasteiger charge is 2.28. The number of oxazole rings is 1. The first kappa shape index (κ1) is 19.9. The van der Waals surface area contributed by atoms with E-state index in [1.165, 1.54) is 0 Å². The van der Waals surface area contributed by atoms with Crippen molar-refractivity contribution in [2.45, 2.75) is 32.9 Å². The molecular formula is C24H25N3O3. The number of para-hydroxylation sites is 1.